The molecule has 0 unspecified atom stereocenters. The Morgan fingerprint density at radius 1 is 1.24 bits per heavy atom. The summed E-state index contributed by atoms with van der Waals surface area (Å²) in [6.07, 6.45) is 2.11. The Balaban J connectivity index is 2.11. The molecule has 0 saturated heterocycles. The number of halogens is 1. The maximum atomic E-state index is 5.75. The Hall–Kier alpha value is -0.800. The standard InChI is InChI=1S/C14H18BrNO/c1-14(2,3)17-9-8-16-7-6-11-4-5-12(15)10-13(11)16/h4-7,10H,8-9H2,1-3H3. The first kappa shape index (κ1) is 12.7. The average Bonchev–Trinajstić information content (AvgIpc) is 2.59. The molecule has 0 aliphatic rings. The summed E-state index contributed by atoms with van der Waals surface area (Å²) in [5.41, 5.74) is 1.18. The van der Waals surface area contributed by atoms with Crippen LogP contribution < -0.4 is 0 Å². The van der Waals surface area contributed by atoms with E-state index < -0.39 is 0 Å². The van der Waals surface area contributed by atoms with Crippen LogP contribution in [0.5, 0.6) is 0 Å². The Labute approximate surface area is 111 Å². The fraction of sp³-hybridized carbons (Fsp3) is 0.429. The van der Waals surface area contributed by atoms with Gasteiger partial charge in [-0.05, 0) is 44.4 Å². The van der Waals surface area contributed by atoms with Crippen molar-refractivity contribution < 1.29 is 4.74 Å². The third-order valence-electron chi connectivity index (χ3n) is 2.60. The minimum atomic E-state index is -0.0659. The van der Waals surface area contributed by atoms with Gasteiger partial charge >= 0.3 is 0 Å². The molecule has 0 aliphatic heterocycles. The van der Waals surface area contributed by atoms with Gasteiger partial charge in [-0.1, -0.05) is 22.0 Å². The van der Waals surface area contributed by atoms with E-state index in [0.717, 1.165) is 17.6 Å². The smallest absolute Gasteiger partial charge is 0.0652 e. The molecule has 1 aromatic carbocycles. The molecule has 0 amide bonds. The average molecular weight is 296 g/mol. The van der Waals surface area contributed by atoms with Crippen LogP contribution in [0.25, 0.3) is 10.9 Å². The van der Waals surface area contributed by atoms with E-state index in [9.17, 15) is 0 Å². The second-order valence-corrected chi connectivity index (χ2v) is 6.09. The van der Waals surface area contributed by atoms with Crippen molar-refractivity contribution in [2.45, 2.75) is 32.9 Å². The number of hydrogen-bond acceptors (Lipinski definition) is 1. The summed E-state index contributed by atoms with van der Waals surface area (Å²) in [6.45, 7) is 7.86. The maximum absolute atomic E-state index is 5.75. The highest BCUT2D eigenvalue weighted by molar-refractivity contribution is 9.10. The number of hydrogen-bond donors (Lipinski definition) is 0. The predicted molar refractivity (Wildman–Crippen MR) is 75.3 cm³/mol. The van der Waals surface area contributed by atoms with E-state index in [0.29, 0.717) is 0 Å². The fourth-order valence-corrected chi connectivity index (χ4v) is 2.15. The van der Waals surface area contributed by atoms with Gasteiger partial charge in [0.1, 0.15) is 0 Å². The molecule has 92 valence electrons. The predicted octanol–water partition coefficient (Wildman–Crippen LogP) is 4.22. The van der Waals surface area contributed by atoms with E-state index in [1.165, 1.54) is 10.9 Å². The number of fused-ring (bicyclic) bond motifs is 1. The van der Waals surface area contributed by atoms with Crippen LogP contribution in [-0.2, 0) is 11.3 Å². The summed E-state index contributed by atoms with van der Waals surface area (Å²) >= 11 is 3.51. The molecule has 0 spiro atoms. The van der Waals surface area contributed by atoms with E-state index in [2.05, 4.69) is 71.7 Å². The zero-order valence-electron chi connectivity index (χ0n) is 10.5. The first-order valence-corrected chi connectivity index (χ1v) is 6.63. The molecule has 0 fully saturated rings. The largest absolute Gasteiger partial charge is 0.374 e. The molecule has 3 heteroatoms. The summed E-state index contributed by atoms with van der Waals surface area (Å²) in [5.74, 6) is 0. The van der Waals surface area contributed by atoms with Gasteiger partial charge in [0.05, 0.1) is 12.2 Å². The normalized spacial score (nSPS) is 12.2. The molecule has 2 rings (SSSR count). The van der Waals surface area contributed by atoms with Gasteiger partial charge in [-0.3, -0.25) is 0 Å². The molecule has 0 bridgehead atoms. The minimum Gasteiger partial charge on any atom is -0.374 e. The monoisotopic (exact) mass is 295 g/mol. The minimum absolute atomic E-state index is 0.0659. The van der Waals surface area contributed by atoms with E-state index in [-0.39, 0.29) is 5.60 Å². The van der Waals surface area contributed by atoms with Crippen LogP contribution in [0.4, 0.5) is 0 Å². The molecule has 0 N–H and O–H groups in total. The van der Waals surface area contributed by atoms with Gasteiger partial charge in [0, 0.05) is 22.7 Å². The molecule has 0 aliphatic carbocycles. The summed E-state index contributed by atoms with van der Waals surface area (Å²) in [4.78, 5) is 0. The molecule has 17 heavy (non-hydrogen) atoms. The number of ether oxygens (including phenoxy) is 1. The first-order chi connectivity index (χ1) is 7.96. The fourth-order valence-electron chi connectivity index (χ4n) is 1.80. The van der Waals surface area contributed by atoms with Gasteiger partial charge in [0.25, 0.3) is 0 Å². The van der Waals surface area contributed by atoms with Crippen molar-refractivity contribution in [3.63, 3.8) is 0 Å². The lowest BCUT2D eigenvalue weighted by atomic mass is 10.2. The number of benzene rings is 1. The molecule has 0 radical (unpaired) electrons. The topological polar surface area (TPSA) is 14.2 Å². The lowest BCUT2D eigenvalue weighted by Gasteiger charge is -2.19. The van der Waals surface area contributed by atoms with Gasteiger partial charge in [-0.15, -0.1) is 0 Å². The van der Waals surface area contributed by atoms with Crippen molar-refractivity contribution >= 4 is 26.8 Å². The van der Waals surface area contributed by atoms with E-state index in [4.69, 9.17) is 4.74 Å². The molecule has 1 aromatic heterocycles. The van der Waals surface area contributed by atoms with Crippen molar-refractivity contribution in [2.24, 2.45) is 0 Å². The van der Waals surface area contributed by atoms with Crippen LogP contribution in [0.1, 0.15) is 20.8 Å². The van der Waals surface area contributed by atoms with Gasteiger partial charge in [0.15, 0.2) is 0 Å². The van der Waals surface area contributed by atoms with Crippen LogP contribution in [0.3, 0.4) is 0 Å². The zero-order valence-corrected chi connectivity index (χ0v) is 12.1. The summed E-state index contributed by atoms with van der Waals surface area (Å²) in [6, 6.07) is 8.48. The number of rotatable bonds is 3. The lowest BCUT2D eigenvalue weighted by molar-refractivity contribution is -0.00644. The van der Waals surface area contributed by atoms with Crippen molar-refractivity contribution in [1.82, 2.24) is 4.57 Å². The Morgan fingerprint density at radius 3 is 2.71 bits per heavy atom. The number of aromatic nitrogens is 1. The molecule has 0 atom stereocenters. The molecular formula is C14H18BrNO. The second kappa shape index (κ2) is 4.83. The quantitative estimate of drug-likeness (QED) is 0.827. The van der Waals surface area contributed by atoms with E-state index in [1.54, 1.807) is 0 Å². The van der Waals surface area contributed by atoms with Gasteiger partial charge in [-0.2, -0.15) is 0 Å². The Morgan fingerprint density at radius 2 is 2.00 bits per heavy atom. The summed E-state index contributed by atoms with van der Waals surface area (Å²) in [7, 11) is 0. The number of nitrogens with zero attached hydrogens (tertiary/aromatic N) is 1. The highest BCUT2D eigenvalue weighted by Gasteiger charge is 2.09. The highest BCUT2D eigenvalue weighted by Crippen LogP contribution is 2.21. The van der Waals surface area contributed by atoms with Crippen LogP contribution in [-0.4, -0.2) is 16.8 Å². The SMILES string of the molecule is CC(C)(C)OCCn1ccc2ccc(Br)cc21. The molecule has 2 nitrogen and oxygen atoms in total. The van der Waals surface area contributed by atoms with E-state index in [1.807, 2.05) is 0 Å². The van der Waals surface area contributed by atoms with Gasteiger partial charge < -0.3 is 9.30 Å². The molecular weight excluding hydrogens is 278 g/mol. The van der Waals surface area contributed by atoms with E-state index >= 15 is 0 Å². The van der Waals surface area contributed by atoms with Crippen molar-refractivity contribution in [3.05, 3.63) is 34.9 Å². The Kier molecular flexibility index (Phi) is 3.59. The van der Waals surface area contributed by atoms with Crippen LogP contribution in [0.15, 0.2) is 34.9 Å². The van der Waals surface area contributed by atoms with Crippen LogP contribution >= 0.6 is 15.9 Å². The molecule has 2 aromatic rings. The maximum Gasteiger partial charge on any atom is 0.0652 e. The zero-order chi connectivity index (χ0) is 12.5. The van der Waals surface area contributed by atoms with Crippen molar-refractivity contribution in [1.29, 1.82) is 0 Å². The lowest BCUT2D eigenvalue weighted by Crippen LogP contribution is -2.21. The second-order valence-electron chi connectivity index (χ2n) is 5.17. The Bertz CT molecular complexity index is 510. The van der Waals surface area contributed by atoms with Crippen molar-refractivity contribution in [2.75, 3.05) is 6.61 Å². The third kappa shape index (κ3) is 3.33. The summed E-state index contributed by atoms with van der Waals surface area (Å²) < 4.78 is 9.09. The van der Waals surface area contributed by atoms with Crippen molar-refractivity contribution in [3.8, 4) is 0 Å². The van der Waals surface area contributed by atoms with Crippen LogP contribution in [0, 0.1) is 0 Å². The highest BCUT2D eigenvalue weighted by atomic mass is 79.9. The van der Waals surface area contributed by atoms with Gasteiger partial charge in [0.2, 0.25) is 0 Å². The van der Waals surface area contributed by atoms with Crippen LogP contribution in [0.2, 0.25) is 0 Å². The van der Waals surface area contributed by atoms with Gasteiger partial charge in [-0.25, -0.2) is 0 Å². The first-order valence-electron chi connectivity index (χ1n) is 5.84. The molecule has 0 saturated carbocycles. The summed E-state index contributed by atoms with van der Waals surface area (Å²) in [5, 5.41) is 1.27. The third-order valence-corrected chi connectivity index (χ3v) is 3.10. The molecule has 1 heterocycles.